The van der Waals surface area contributed by atoms with Crippen LogP contribution in [-0.4, -0.2) is 38.2 Å². The van der Waals surface area contributed by atoms with Gasteiger partial charge >= 0.3 is 6.18 Å². The Morgan fingerprint density at radius 3 is 2.34 bits per heavy atom. The summed E-state index contributed by atoms with van der Waals surface area (Å²) in [4.78, 5) is 28.4. The van der Waals surface area contributed by atoms with Gasteiger partial charge in [0.1, 0.15) is 5.54 Å². The number of halogens is 3. The van der Waals surface area contributed by atoms with E-state index in [1.807, 2.05) is 0 Å². The summed E-state index contributed by atoms with van der Waals surface area (Å²) < 4.78 is 64.0. The van der Waals surface area contributed by atoms with Crippen molar-refractivity contribution in [3.8, 4) is 0 Å². The highest BCUT2D eigenvalue weighted by atomic mass is 32.2. The summed E-state index contributed by atoms with van der Waals surface area (Å²) in [5.74, 6) is -0.935. The second kappa shape index (κ2) is 11.1. The number of anilines is 2. The fourth-order valence-corrected chi connectivity index (χ4v) is 4.09. The molecule has 0 bridgehead atoms. The minimum absolute atomic E-state index is 0.0757. The van der Waals surface area contributed by atoms with Gasteiger partial charge in [-0.05, 0) is 48.7 Å². The smallest absolute Gasteiger partial charge is 0.404 e. The number of nitrogens with one attached hydrogen (secondary N) is 3. The van der Waals surface area contributed by atoms with E-state index in [1.165, 1.54) is 24.5 Å². The molecule has 0 radical (unpaired) electrons. The fourth-order valence-electron chi connectivity index (χ4n) is 3.44. The van der Waals surface area contributed by atoms with Crippen LogP contribution in [0, 0.1) is 0 Å². The predicted octanol–water partition coefficient (Wildman–Crippen LogP) is 3.17. The summed E-state index contributed by atoms with van der Waals surface area (Å²) in [5, 5.41) is 8.07. The first-order valence-electron chi connectivity index (χ1n) is 11.2. The molecule has 202 valence electrons. The highest BCUT2D eigenvalue weighted by molar-refractivity contribution is 7.90. The lowest BCUT2D eigenvalue weighted by Crippen LogP contribution is -2.49. The molecular formula is C25H26F3N5O4S. The maximum Gasteiger partial charge on any atom is 0.418 e. The topological polar surface area (TPSA) is 143 Å². The van der Waals surface area contributed by atoms with E-state index in [4.69, 9.17) is 5.73 Å². The van der Waals surface area contributed by atoms with Crippen LogP contribution in [-0.2, 0) is 32.1 Å². The molecular weight excluding hydrogens is 523 g/mol. The van der Waals surface area contributed by atoms with Gasteiger partial charge in [0.15, 0.2) is 9.84 Å². The summed E-state index contributed by atoms with van der Waals surface area (Å²) in [6, 6.07) is 9.02. The van der Waals surface area contributed by atoms with E-state index in [-0.39, 0.29) is 23.7 Å². The van der Waals surface area contributed by atoms with Crippen molar-refractivity contribution in [3.63, 3.8) is 0 Å². The number of carbonyl (C=O) groups is 2. The zero-order valence-corrected chi connectivity index (χ0v) is 21.1. The zero-order chi connectivity index (χ0) is 28.1. The number of alkyl halides is 3. The largest absolute Gasteiger partial charge is 0.418 e. The quantitative estimate of drug-likeness (QED) is 0.265. The molecule has 0 spiro atoms. The molecule has 0 heterocycles. The van der Waals surface area contributed by atoms with Gasteiger partial charge < -0.3 is 21.7 Å². The van der Waals surface area contributed by atoms with Crippen LogP contribution in [0.1, 0.15) is 24.0 Å². The Labute approximate surface area is 217 Å². The molecule has 1 saturated carbocycles. The second-order valence-corrected chi connectivity index (χ2v) is 10.6. The van der Waals surface area contributed by atoms with Gasteiger partial charge in [-0.1, -0.05) is 18.7 Å². The number of hydrogen-bond donors (Lipinski definition) is 4. The Hall–Kier alpha value is -4.13. The zero-order valence-electron chi connectivity index (χ0n) is 20.3. The molecule has 3 rings (SSSR count). The number of amides is 2. The number of nitrogens with zero attached hydrogens (tertiary/aromatic N) is 1. The first-order valence-corrected chi connectivity index (χ1v) is 13.1. The average molecular weight is 550 g/mol. The third-order valence-corrected chi connectivity index (χ3v) is 6.82. The van der Waals surface area contributed by atoms with Crippen molar-refractivity contribution in [2.45, 2.75) is 36.0 Å². The molecule has 0 aliphatic heterocycles. The average Bonchev–Trinajstić information content (AvgIpc) is 3.63. The van der Waals surface area contributed by atoms with Crippen LogP contribution in [0.3, 0.4) is 0 Å². The lowest BCUT2D eigenvalue weighted by atomic mass is 10.1. The Morgan fingerprint density at radius 1 is 1.16 bits per heavy atom. The van der Waals surface area contributed by atoms with E-state index in [0.29, 0.717) is 30.2 Å². The molecule has 1 aliphatic rings. The molecule has 1 fully saturated rings. The highest BCUT2D eigenvalue weighted by Crippen LogP contribution is 2.38. The minimum atomic E-state index is -4.78. The van der Waals surface area contributed by atoms with Crippen LogP contribution < -0.4 is 21.7 Å². The number of sulfone groups is 1. The van der Waals surface area contributed by atoms with E-state index in [1.54, 1.807) is 12.1 Å². The molecule has 5 N–H and O–H groups in total. The summed E-state index contributed by atoms with van der Waals surface area (Å²) in [5.41, 5.74) is 4.03. The molecule has 13 heteroatoms. The van der Waals surface area contributed by atoms with Crippen molar-refractivity contribution >= 4 is 39.2 Å². The number of carbonyl (C=O) groups excluding carboxylic acids is 2. The third kappa shape index (κ3) is 7.00. The first-order chi connectivity index (χ1) is 17.8. The van der Waals surface area contributed by atoms with Crippen molar-refractivity contribution in [2.75, 3.05) is 11.6 Å². The monoisotopic (exact) mass is 549 g/mol. The van der Waals surface area contributed by atoms with Crippen molar-refractivity contribution in [1.29, 1.82) is 0 Å². The molecule has 1 aliphatic carbocycles. The molecule has 0 atom stereocenters. The number of nitrogens with two attached hydrogens (primary N) is 1. The van der Waals surface area contributed by atoms with E-state index in [2.05, 4.69) is 27.5 Å². The molecule has 0 saturated heterocycles. The Balaban J connectivity index is 1.64. The van der Waals surface area contributed by atoms with Crippen LogP contribution in [0.15, 0.2) is 76.9 Å². The number of benzene rings is 2. The van der Waals surface area contributed by atoms with Gasteiger partial charge in [-0.15, -0.1) is 0 Å². The molecule has 0 aromatic heterocycles. The van der Waals surface area contributed by atoms with Crippen molar-refractivity contribution in [1.82, 2.24) is 10.6 Å². The molecule has 2 amide bonds. The van der Waals surface area contributed by atoms with E-state index in [9.17, 15) is 31.2 Å². The second-order valence-electron chi connectivity index (χ2n) is 8.60. The van der Waals surface area contributed by atoms with Crippen LogP contribution in [0.25, 0.3) is 0 Å². The van der Waals surface area contributed by atoms with Gasteiger partial charge in [-0.3, -0.25) is 14.6 Å². The van der Waals surface area contributed by atoms with Crippen molar-refractivity contribution in [3.05, 3.63) is 78.1 Å². The lowest BCUT2D eigenvalue weighted by molar-refractivity contribution is -0.137. The normalized spacial score (nSPS) is 15.1. The van der Waals surface area contributed by atoms with E-state index in [0.717, 1.165) is 24.6 Å². The highest BCUT2D eigenvalue weighted by Gasteiger charge is 2.51. The Morgan fingerprint density at radius 2 is 1.82 bits per heavy atom. The molecule has 38 heavy (non-hydrogen) atoms. The van der Waals surface area contributed by atoms with E-state index >= 15 is 0 Å². The van der Waals surface area contributed by atoms with Crippen LogP contribution in [0.2, 0.25) is 0 Å². The fraction of sp³-hybridized carbons (Fsp3) is 0.240. The van der Waals surface area contributed by atoms with Gasteiger partial charge in [0.25, 0.3) is 5.91 Å². The van der Waals surface area contributed by atoms with Crippen LogP contribution >= 0.6 is 0 Å². The lowest BCUT2D eigenvalue weighted by Gasteiger charge is -2.18. The Kier molecular flexibility index (Phi) is 8.30. The van der Waals surface area contributed by atoms with Crippen molar-refractivity contribution < 1.29 is 31.2 Å². The number of aliphatic imine (C=N–C) groups is 1. The predicted molar refractivity (Wildman–Crippen MR) is 137 cm³/mol. The number of rotatable bonds is 10. The van der Waals surface area contributed by atoms with Gasteiger partial charge in [-0.25, -0.2) is 8.42 Å². The van der Waals surface area contributed by atoms with Crippen LogP contribution in [0.4, 0.5) is 24.5 Å². The SMILES string of the molecule is C=CN=C/C(=C\N)C(=O)NC1(C(=O)NCc2ccc(Nc3ccc(S(C)(=O)=O)cc3C(F)(F)F)cc2)CC1. The molecule has 9 nitrogen and oxygen atoms in total. The first kappa shape index (κ1) is 28.4. The van der Waals surface area contributed by atoms with E-state index < -0.39 is 37.9 Å². The maximum absolute atomic E-state index is 13.5. The molecule has 0 unspecified atom stereocenters. The van der Waals surface area contributed by atoms with Gasteiger partial charge in [0.2, 0.25) is 5.91 Å². The summed E-state index contributed by atoms with van der Waals surface area (Å²) >= 11 is 0. The number of hydrogen-bond acceptors (Lipinski definition) is 7. The molecule has 2 aromatic rings. The van der Waals surface area contributed by atoms with Crippen LogP contribution in [0.5, 0.6) is 0 Å². The standard InChI is InChI=1S/C25H26F3N5O4S/c1-3-30-15-17(13-29)22(34)33-24(10-11-24)23(35)31-14-16-4-6-18(7-5-16)32-21-9-8-19(38(2,36)37)12-20(21)25(26,27)28/h3-9,12-13,15,32H,1,10-11,14,29H2,2H3,(H,31,35)(H,33,34)/b17-13+,30-15?. The Bertz CT molecular complexity index is 1400. The molecule has 2 aromatic carbocycles. The summed E-state index contributed by atoms with van der Waals surface area (Å²) in [6.45, 7) is 3.53. The van der Waals surface area contributed by atoms with Gasteiger partial charge in [0, 0.05) is 37.1 Å². The summed E-state index contributed by atoms with van der Waals surface area (Å²) in [6.07, 6.45) is 0.488. The summed E-state index contributed by atoms with van der Waals surface area (Å²) in [7, 11) is -3.82. The van der Waals surface area contributed by atoms with Crippen molar-refractivity contribution in [2.24, 2.45) is 10.7 Å². The van der Waals surface area contributed by atoms with Gasteiger partial charge in [-0.2, -0.15) is 13.2 Å². The van der Waals surface area contributed by atoms with Gasteiger partial charge in [0.05, 0.1) is 21.7 Å². The third-order valence-electron chi connectivity index (χ3n) is 5.71. The maximum atomic E-state index is 13.5. The minimum Gasteiger partial charge on any atom is -0.404 e.